The monoisotopic (exact) mass is 382 g/mol. The number of aliphatic imine (C=N–C) groups is 1. The van der Waals surface area contributed by atoms with Crippen molar-refractivity contribution in [1.29, 1.82) is 0 Å². The molecule has 4 atom stereocenters. The third-order valence-corrected chi connectivity index (χ3v) is 5.59. The normalized spacial score (nSPS) is 31.5. The first-order valence-electron chi connectivity index (χ1n) is 9.85. The third kappa shape index (κ3) is 3.76. The molecule has 0 aromatic heterocycles. The van der Waals surface area contributed by atoms with E-state index >= 15 is 0 Å². The van der Waals surface area contributed by atoms with Gasteiger partial charge in [0.25, 0.3) is 0 Å². The Morgan fingerprint density at radius 1 is 1.41 bits per heavy atom. The Balaban J connectivity index is 1.53. The molecule has 0 saturated carbocycles. The van der Waals surface area contributed by atoms with Gasteiger partial charge in [0.05, 0.1) is 6.54 Å². The average molecular weight is 382 g/mol. The molecule has 3 rings (SSSR count). The Labute approximate surface area is 159 Å². The largest absolute Gasteiger partial charge is 0.446 e. The summed E-state index contributed by atoms with van der Waals surface area (Å²) in [7, 11) is 0. The summed E-state index contributed by atoms with van der Waals surface area (Å²) in [4.78, 5) is 16.4. The summed E-state index contributed by atoms with van der Waals surface area (Å²) in [5.41, 5.74) is 11.2. The summed E-state index contributed by atoms with van der Waals surface area (Å²) in [5.74, 6) is 0.675. The van der Waals surface area contributed by atoms with E-state index in [4.69, 9.17) is 16.2 Å². The van der Waals surface area contributed by atoms with Gasteiger partial charge in [-0.2, -0.15) is 0 Å². The van der Waals surface area contributed by atoms with Crippen LogP contribution in [0.1, 0.15) is 45.4 Å². The van der Waals surface area contributed by atoms with Crippen LogP contribution in [0.3, 0.4) is 0 Å². The van der Waals surface area contributed by atoms with Crippen molar-refractivity contribution < 1.29 is 19.2 Å². The second-order valence-electron chi connectivity index (χ2n) is 7.44. The van der Waals surface area contributed by atoms with E-state index in [1.807, 2.05) is 4.58 Å². The number of aliphatic hydroxyl groups excluding tert-OH is 1. The second-order valence-corrected chi connectivity index (χ2v) is 7.44. The molecule has 0 aromatic rings. The van der Waals surface area contributed by atoms with Gasteiger partial charge in [0.1, 0.15) is 24.8 Å². The molecule has 0 aromatic carbocycles. The summed E-state index contributed by atoms with van der Waals surface area (Å²) >= 11 is 0. The number of hydrogen-bond donors (Lipinski definition) is 6. The lowest BCUT2D eigenvalue weighted by atomic mass is 9.89. The molecular weight excluding hydrogens is 350 g/mol. The van der Waals surface area contributed by atoms with Crippen LogP contribution in [-0.4, -0.2) is 71.2 Å². The van der Waals surface area contributed by atoms with E-state index in [-0.39, 0.29) is 18.6 Å². The first-order chi connectivity index (χ1) is 13.0. The first kappa shape index (κ1) is 19.5. The molecule has 1 amide bonds. The van der Waals surface area contributed by atoms with Gasteiger partial charge < -0.3 is 26.2 Å². The van der Waals surface area contributed by atoms with Crippen LogP contribution in [0.25, 0.3) is 0 Å². The smallest absolute Gasteiger partial charge is 0.407 e. The Bertz CT molecular complexity index is 624. The molecular formula is C17H32N7O3+. The Morgan fingerprint density at radius 2 is 2.19 bits per heavy atom. The number of unbranched alkanes of at least 4 members (excludes halogenated alkanes) is 4. The van der Waals surface area contributed by atoms with Crippen LogP contribution >= 0.6 is 0 Å². The van der Waals surface area contributed by atoms with Gasteiger partial charge in [-0.3, -0.25) is 11.1 Å². The van der Waals surface area contributed by atoms with E-state index in [1.165, 1.54) is 19.3 Å². The molecule has 1 saturated heterocycles. The Kier molecular flexibility index (Phi) is 5.93. The number of carbonyl (C=O) groups is 1. The highest BCUT2D eigenvalue weighted by atomic mass is 16.5. The average Bonchev–Trinajstić information content (AvgIpc) is 3.16. The number of rotatable bonds is 8. The van der Waals surface area contributed by atoms with E-state index < -0.39 is 23.9 Å². The zero-order valence-corrected chi connectivity index (χ0v) is 15.9. The van der Waals surface area contributed by atoms with Crippen LogP contribution in [0.15, 0.2) is 4.99 Å². The molecule has 152 valence electrons. The van der Waals surface area contributed by atoms with E-state index in [0.717, 1.165) is 12.8 Å². The number of nitrogens with zero attached hydrogens (tertiary/aromatic N) is 2. The van der Waals surface area contributed by atoms with E-state index in [2.05, 4.69) is 27.9 Å². The minimum absolute atomic E-state index is 0.0772. The van der Waals surface area contributed by atoms with Crippen molar-refractivity contribution in [3.63, 3.8) is 0 Å². The van der Waals surface area contributed by atoms with Gasteiger partial charge in [0.2, 0.25) is 5.66 Å². The molecule has 10 heteroatoms. The minimum Gasteiger partial charge on any atom is -0.446 e. The van der Waals surface area contributed by atoms with E-state index in [9.17, 15) is 9.90 Å². The molecule has 3 aliphatic rings. The minimum atomic E-state index is -0.872. The number of hydrogen-bond acceptors (Lipinski definition) is 8. The van der Waals surface area contributed by atoms with Crippen molar-refractivity contribution >= 4 is 18.0 Å². The summed E-state index contributed by atoms with van der Waals surface area (Å²) in [6.07, 6.45) is 5.06. The number of carbonyl (C=O) groups excluding carboxylic acids is 1. The van der Waals surface area contributed by atoms with Gasteiger partial charge in [-0.15, -0.1) is 0 Å². The summed E-state index contributed by atoms with van der Waals surface area (Å²) in [6, 6.07) is -0.790. The van der Waals surface area contributed by atoms with Gasteiger partial charge in [-0.1, -0.05) is 32.6 Å². The molecule has 4 unspecified atom stereocenters. The molecule has 0 aliphatic carbocycles. The van der Waals surface area contributed by atoms with E-state index in [0.29, 0.717) is 25.5 Å². The van der Waals surface area contributed by atoms with Crippen molar-refractivity contribution in [2.24, 2.45) is 16.5 Å². The SMILES string of the molecule is CCCCCCCNC(=O)OCC1NC(N)=[N+]2CCC(O)C23NC(N)=NC13. The fourth-order valence-corrected chi connectivity index (χ4v) is 4.24. The molecule has 0 radical (unpaired) electrons. The lowest BCUT2D eigenvalue weighted by molar-refractivity contribution is -0.607. The van der Waals surface area contributed by atoms with Gasteiger partial charge in [-0.25, -0.2) is 14.4 Å². The maximum Gasteiger partial charge on any atom is 0.407 e. The van der Waals surface area contributed by atoms with Crippen LogP contribution in [0.5, 0.6) is 0 Å². The third-order valence-electron chi connectivity index (χ3n) is 5.59. The highest BCUT2D eigenvalue weighted by Gasteiger charge is 2.64. The maximum atomic E-state index is 12.0. The number of aliphatic hydroxyl groups is 1. The quantitative estimate of drug-likeness (QED) is 0.226. The van der Waals surface area contributed by atoms with Crippen LogP contribution < -0.4 is 27.4 Å². The molecule has 1 spiro atoms. The molecule has 1 fully saturated rings. The topological polar surface area (TPSA) is 150 Å². The first-order valence-corrected chi connectivity index (χ1v) is 9.85. The van der Waals surface area contributed by atoms with Crippen molar-refractivity contribution in [3.05, 3.63) is 0 Å². The molecule has 3 heterocycles. The predicted octanol–water partition coefficient (Wildman–Crippen LogP) is -1.27. The summed E-state index contributed by atoms with van der Waals surface area (Å²) < 4.78 is 7.22. The number of guanidine groups is 2. The molecule has 8 N–H and O–H groups in total. The van der Waals surface area contributed by atoms with Crippen LogP contribution in [0.4, 0.5) is 4.79 Å². The van der Waals surface area contributed by atoms with E-state index in [1.54, 1.807) is 0 Å². The number of nitrogens with one attached hydrogen (secondary N) is 3. The number of amides is 1. The van der Waals surface area contributed by atoms with Crippen molar-refractivity contribution in [1.82, 2.24) is 16.0 Å². The number of nitrogens with two attached hydrogens (primary N) is 2. The standard InChI is InChI=1S/C17H31N7O3/c1-2-3-4-5-6-8-20-16(26)27-10-11-13-17(23-14(18)22-13)12(25)7-9-24(17)15(19)21-11/h11-13,25H,2-10H2,1H3,(H6,18,19,20,21,22,23,26)/p+1. The Morgan fingerprint density at radius 3 is 2.96 bits per heavy atom. The zero-order valence-electron chi connectivity index (χ0n) is 15.9. The van der Waals surface area contributed by atoms with Crippen LogP contribution in [0, 0.1) is 0 Å². The van der Waals surface area contributed by atoms with Crippen LogP contribution in [-0.2, 0) is 4.74 Å². The highest BCUT2D eigenvalue weighted by molar-refractivity contribution is 5.83. The van der Waals surface area contributed by atoms with Crippen molar-refractivity contribution in [2.45, 2.75) is 69.3 Å². The van der Waals surface area contributed by atoms with Gasteiger partial charge in [0, 0.05) is 13.0 Å². The van der Waals surface area contributed by atoms with Gasteiger partial charge >= 0.3 is 12.1 Å². The number of alkyl carbamates (subject to hydrolysis) is 1. The summed E-state index contributed by atoms with van der Waals surface area (Å²) in [5, 5.41) is 19.6. The molecule has 0 bridgehead atoms. The lowest BCUT2D eigenvalue weighted by Gasteiger charge is -2.39. The van der Waals surface area contributed by atoms with Crippen molar-refractivity contribution in [3.8, 4) is 0 Å². The zero-order chi connectivity index (χ0) is 19.4. The lowest BCUT2D eigenvalue weighted by Crippen LogP contribution is -2.74. The molecule has 27 heavy (non-hydrogen) atoms. The van der Waals surface area contributed by atoms with Gasteiger partial charge in [-0.05, 0) is 6.42 Å². The van der Waals surface area contributed by atoms with Crippen molar-refractivity contribution in [2.75, 3.05) is 19.7 Å². The number of ether oxygens (including phenoxy) is 1. The summed E-state index contributed by atoms with van der Waals surface area (Å²) in [6.45, 7) is 3.44. The Hall–Kier alpha value is -2.23. The fraction of sp³-hybridized carbons (Fsp3) is 0.824. The van der Waals surface area contributed by atoms with Crippen LogP contribution in [0.2, 0.25) is 0 Å². The molecule has 10 nitrogen and oxygen atoms in total. The second kappa shape index (κ2) is 8.20. The maximum absolute atomic E-state index is 12.0. The molecule has 3 aliphatic heterocycles. The highest BCUT2D eigenvalue weighted by Crippen LogP contribution is 2.35. The fourth-order valence-electron chi connectivity index (χ4n) is 4.24. The predicted molar refractivity (Wildman–Crippen MR) is 101 cm³/mol. The van der Waals surface area contributed by atoms with Gasteiger partial charge in [0.15, 0.2) is 5.96 Å².